The van der Waals surface area contributed by atoms with E-state index in [0.29, 0.717) is 0 Å². The minimum atomic E-state index is -1.84. The molecule has 3 N–H and O–H groups in total. The number of carboxylic acids is 3. The Labute approximate surface area is 87.6 Å². The fraction of sp³-hybridized carbons (Fsp3) is 0. The Morgan fingerprint density at radius 3 is 1.87 bits per heavy atom. The maximum Gasteiger partial charge on any atom is 0.336 e. The molecule has 0 unspecified atom stereocenters. The Bertz CT molecular complexity index is 580. The van der Waals surface area contributed by atoms with E-state index < -0.39 is 52.7 Å². The minimum Gasteiger partial charge on any atom is -0.478 e. The predicted molar refractivity (Wildman–Crippen MR) is 47.3 cm³/mol. The van der Waals surface area contributed by atoms with Crippen molar-refractivity contribution in [1.82, 2.24) is 0 Å². The van der Waals surface area contributed by atoms with Crippen molar-refractivity contribution in [2.75, 3.05) is 0 Å². The summed E-state index contributed by atoms with van der Waals surface area (Å²) < 4.78 is 22.0. The molecule has 6 heteroatoms. The first kappa shape index (κ1) is 6.99. The van der Waals surface area contributed by atoms with E-state index in [4.69, 9.17) is 19.4 Å². The molecule has 1 aromatic carbocycles. The topological polar surface area (TPSA) is 112 Å². The summed E-state index contributed by atoms with van der Waals surface area (Å²) in [4.78, 5) is 32.5. The Morgan fingerprint density at radius 1 is 0.933 bits per heavy atom. The van der Waals surface area contributed by atoms with Gasteiger partial charge in [-0.05, 0) is 18.1 Å². The van der Waals surface area contributed by atoms with Crippen LogP contribution in [-0.2, 0) is 0 Å². The zero-order valence-corrected chi connectivity index (χ0v) is 7.07. The summed E-state index contributed by atoms with van der Waals surface area (Å²) in [6.45, 7) is 0. The molecular weight excluding hydrogens is 204 g/mol. The van der Waals surface area contributed by atoms with Crippen LogP contribution in [0.2, 0.25) is 0 Å². The van der Waals surface area contributed by atoms with E-state index in [0.717, 1.165) is 0 Å². The maximum atomic E-state index is 10.9. The summed E-state index contributed by atoms with van der Waals surface area (Å²) in [7, 11) is 0. The van der Waals surface area contributed by atoms with Crippen LogP contribution in [0, 0.1) is 0 Å². The highest BCUT2D eigenvalue weighted by molar-refractivity contribution is 6.03. The average molecular weight is 213 g/mol. The monoisotopic (exact) mass is 213 g/mol. The number of aromatic carboxylic acids is 3. The van der Waals surface area contributed by atoms with Gasteiger partial charge in [-0.15, -0.1) is 0 Å². The van der Waals surface area contributed by atoms with Gasteiger partial charge >= 0.3 is 17.9 Å². The molecule has 0 atom stereocenters. The van der Waals surface area contributed by atoms with Gasteiger partial charge in [-0.3, -0.25) is 0 Å². The second-order valence-electron chi connectivity index (χ2n) is 2.42. The van der Waals surface area contributed by atoms with E-state index in [9.17, 15) is 14.4 Å². The van der Waals surface area contributed by atoms with E-state index in [2.05, 4.69) is 0 Å². The lowest BCUT2D eigenvalue weighted by Gasteiger charge is -2.02. The molecule has 0 aromatic heterocycles. The molecule has 0 bridgehead atoms. The number of benzene rings is 1. The molecule has 0 aliphatic heterocycles. The molecule has 0 saturated heterocycles. The number of carboxylic acid groups (broad SMARTS) is 3. The van der Waals surface area contributed by atoms with Crippen molar-refractivity contribution in [2.45, 2.75) is 0 Å². The molecule has 0 amide bonds. The van der Waals surface area contributed by atoms with Crippen LogP contribution < -0.4 is 0 Å². The number of carbonyl (C=O) groups is 3. The molecule has 78 valence electrons. The van der Waals surface area contributed by atoms with Gasteiger partial charge < -0.3 is 15.3 Å². The zero-order valence-electron chi connectivity index (χ0n) is 10.1. The van der Waals surface area contributed by atoms with Crippen LogP contribution in [0.1, 0.15) is 35.2 Å². The Hall–Kier alpha value is -2.37. The number of hydrogen-bond donors (Lipinski definition) is 3. The molecule has 1 rings (SSSR count). The molecule has 6 nitrogen and oxygen atoms in total. The molecule has 0 aliphatic carbocycles. The largest absolute Gasteiger partial charge is 0.478 e. The van der Waals surface area contributed by atoms with Crippen molar-refractivity contribution in [3.8, 4) is 0 Å². The van der Waals surface area contributed by atoms with Gasteiger partial charge in [0.25, 0.3) is 0 Å². The van der Waals surface area contributed by atoms with Gasteiger partial charge in [0.1, 0.15) is 0 Å². The van der Waals surface area contributed by atoms with Crippen molar-refractivity contribution >= 4 is 17.9 Å². The first-order valence-electron chi connectivity index (χ1n) is 5.03. The van der Waals surface area contributed by atoms with Gasteiger partial charge in [-0.25, -0.2) is 14.4 Å². The van der Waals surface area contributed by atoms with Gasteiger partial charge in [-0.2, -0.15) is 0 Å². The van der Waals surface area contributed by atoms with Crippen LogP contribution in [0.4, 0.5) is 0 Å². The number of rotatable bonds is 3. The lowest BCUT2D eigenvalue weighted by Crippen LogP contribution is -2.10. The normalized spacial score (nSPS) is 12.4. The van der Waals surface area contributed by atoms with E-state index in [1.165, 1.54) is 0 Å². The molecule has 0 heterocycles. The van der Waals surface area contributed by atoms with Crippen LogP contribution in [0.25, 0.3) is 0 Å². The summed E-state index contributed by atoms with van der Waals surface area (Å²) in [5.41, 5.74) is -3.19. The van der Waals surface area contributed by atoms with Crippen molar-refractivity contribution in [1.29, 1.82) is 0 Å². The third-order valence-corrected chi connectivity index (χ3v) is 1.45. The first-order chi connectivity index (χ1) is 8.20. The SMILES string of the molecule is [2H]c1c([2H])c(C(=O)O)c(C(=O)O)c([2H])c1C(=O)O. The lowest BCUT2D eigenvalue weighted by atomic mass is 10.0. The average Bonchev–Trinajstić information content (AvgIpc) is 2.21. The molecule has 0 fully saturated rings. The second-order valence-corrected chi connectivity index (χ2v) is 2.42. The van der Waals surface area contributed by atoms with E-state index in [1.54, 1.807) is 0 Å². The zero-order chi connectivity index (χ0) is 14.2. The lowest BCUT2D eigenvalue weighted by molar-refractivity contribution is 0.0649. The van der Waals surface area contributed by atoms with Crippen molar-refractivity contribution in [3.63, 3.8) is 0 Å². The third kappa shape index (κ3) is 2.11. The van der Waals surface area contributed by atoms with Crippen LogP contribution in [0.15, 0.2) is 18.1 Å². The molecule has 15 heavy (non-hydrogen) atoms. The van der Waals surface area contributed by atoms with Crippen LogP contribution in [-0.4, -0.2) is 33.2 Å². The van der Waals surface area contributed by atoms with E-state index in [-0.39, 0.29) is 0 Å². The maximum absolute atomic E-state index is 10.9. The highest BCUT2D eigenvalue weighted by Crippen LogP contribution is 2.12. The van der Waals surface area contributed by atoms with Gasteiger partial charge in [0.05, 0.1) is 20.8 Å². The van der Waals surface area contributed by atoms with E-state index in [1.807, 2.05) is 0 Å². The fourth-order valence-electron chi connectivity index (χ4n) is 0.834. The molecular formula is C9H6O6. The Morgan fingerprint density at radius 2 is 1.47 bits per heavy atom. The van der Waals surface area contributed by atoms with Crippen LogP contribution in [0.5, 0.6) is 0 Å². The van der Waals surface area contributed by atoms with Crippen molar-refractivity contribution < 1.29 is 33.8 Å². The van der Waals surface area contributed by atoms with Gasteiger partial charge in [-0.1, -0.05) is 0 Å². The second kappa shape index (κ2) is 3.79. The predicted octanol–water partition coefficient (Wildman–Crippen LogP) is 0.781. The van der Waals surface area contributed by atoms with Crippen molar-refractivity contribution in [2.24, 2.45) is 0 Å². The Kier molecular flexibility index (Phi) is 1.77. The van der Waals surface area contributed by atoms with Gasteiger partial charge in [0.2, 0.25) is 0 Å². The van der Waals surface area contributed by atoms with Crippen LogP contribution in [0.3, 0.4) is 0 Å². The van der Waals surface area contributed by atoms with Gasteiger partial charge in [0, 0.05) is 0 Å². The quantitative estimate of drug-likeness (QED) is 0.683. The molecule has 0 spiro atoms. The highest BCUT2D eigenvalue weighted by Gasteiger charge is 2.17. The first-order valence-corrected chi connectivity index (χ1v) is 3.53. The third-order valence-electron chi connectivity index (χ3n) is 1.45. The smallest absolute Gasteiger partial charge is 0.336 e. The summed E-state index contributed by atoms with van der Waals surface area (Å²) in [5, 5.41) is 26.3. The number of hydrogen-bond acceptors (Lipinski definition) is 3. The molecule has 0 aliphatic rings. The highest BCUT2D eigenvalue weighted by atomic mass is 16.4. The van der Waals surface area contributed by atoms with Gasteiger partial charge in [0.15, 0.2) is 0 Å². The fourth-order valence-corrected chi connectivity index (χ4v) is 0.834. The molecule has 1 aromatic rings. The summed E-state index contributed by atoms with van der Waals surface area (Å²) in [5.74, 6) is -5.41. The molecule has 0 radical (unpaired) electrons. The summed E-state index contributed by atoms with van der Waals surface area (Å²) >= 11 is 0. The minimum absolute atomic E-state index is 1.00. The molecule has 0 saturated carbocycles. The summed E-state index contributed by atoms with van der Waals surface area (Å²) in [6, 6.07) is -3.16. The van der Waals surface area contributed by atoms with E-state index >= 15 is 0 Å². The van der Waals surface area contributed by atoms with Crippen molar-refractivity contribution in [3.05, 3.63) is 34.8 Å². The summed E-state index contributed by atoms with van der Waals surface area (Å²) in [6.07, 6.45) is 0. The standard InChI is InChI=1S/C9H6O6/c10-7(11)4-1-2-5(8(12)13)6(3-4)9(14)15/h1-3H,(H,10,11)(H,12,13)(H,14,15)/i1D,2D,3D. The Balaban J connectivity index is 3.94. The van der Waals surface area contributed by atoms with Crippen LogP contribution >= 0.6 is 0 Å².